The highest BCUT2D eigenvalue weighted by Crippen LogP contribution is 2.28. The summed E-state index contributed by atoms with van der Waals surface area (Å²) >= 11 is 6.01. The fraction of sp³-hybridized carbons (Fsp3) is 0.385. The van der Waals surface area contributed by atoms with E-state index in [1.807, 2.05) is 6.92 Å². The largest absolute Gasteiger partial charge is 0.310 e. The van der Waals surface area contributed by atoms with E-state index in [1.165, 1.54) is 6.07 Å². The van der Waals surface area contributed by atoms with Gasteiger partial charge in [0, 0.05) is 23.0 Å². The zero-order valence-corrected chi connectivity index (χ0v) is 10.0. The Bertz CT molecular complexity index is 364. The van der Waals surface area contributed by atoms with Crippen molar-refractivity contribution in [1.29, 1.82) is 0 Å². The molecule has 0 spiro atoms. The van der Waals surface area contributed by atoms with E-state index in [2.05, 4.69) is 11.2 Å². The molecule has 3 heteroatoms. The van der Waals surface area contributed by atoms with Gasteiger partial charge in [0.15, 0.2) is 0 Å². The number of hydrogen-bond donors (Lipinski definition) is 1. The van der Waals surface area contributed by atoms with Crippen molar-refractivity contribution in [2.45, 2.75) is 25.8 Å². The fourth-order valence-corrected chi connectivity index (χ4v) is 1.96. The Hall–Kier alpha value is -1.04. The predicted octanol–water partition coefficient (Wildman–Crippen LogP) is 3.54. The van der Waals surface area contributed by atoms with Crippen LogP contribution in [0.4, 0.5) is 4.39 Å². The summed E-state index contributed by atoms with van der Waals surface area (Å²) in [4.78, 5) is 0. The second-order valence-electron chi connectivity index (χ2n) is 3.49. The van der Waals surface area contributed by atoms with Crippen molar-refractivity contribution in [3.8, 4) is 12.3 Å². The van der Waals surface area contributed by atoms with Crippen LogP contribution in [0.3, 0.4) is 0 Å². The molecule has 0 fully saturated rings. The second kappa shape index (κ2) is 6.52. The van der Waals surface area contributed by atoms with Crippen LogP contribution in [-0.2, 0) is 0 Å². The molecule has 0 bridgehead atoms. The lowest BCUT2D eigenvalue weighted by atomic mass is 10.0. The van der Waals surface area contributed by atoms with Gasteiger partial charge in [0.1, 0.15) is 5.82 Å². The van der Waals surface area contributed by atoms with Crippen molar-refractivity contribution in [2.75, 3.05) is 6.54 Å². The van der Waals surface area contributed by atoms with Crippen LogP contribution in [0.1, 0.15) is 31.4 Å². The maximum Gasteiger partial charge on any atom is 0.129 e. The predicted molar refractivity (Wildman–Crippen MR) is 65.9 cm³/mol. The Labute approximate surface area is 101 Å². The summed E-state index contributed by atoms with van der Waals surface area (Å²) in [6.45, 7) is 2.72. The van der Waals surface area contributed by atoms with Crippen LogP contribution in [0.5, 0.6) is 0 Å². The minimum atomic E-state index is -0.282. The average Bonchev–Trinajstić information content (AvgIpc) is 2.25. The molecule has 86 valence electrons. The Balaban J connectivity index is 2.96. The molecule has 1 rings (SSSR count). The Morgan fingerprint density at radius 3 is 2.88 bits per heavy atom. The van der Waals surface area contributed by atoms with Gasteiger partial charge in [-0.2, -0.15) is 0 Å². The van der Waals surface area contributed by atoms with Crippen molar-refractivity contribution in [3.05, 3.63) is 34.6 Å². The molecule has 0 saturated heterocycles. The monoisotopic (exact) mass is 239 g/mol. The van der Waals surface area contributed by atoms with Crippen LogP contribution in [0, 0.1) is 18.2 Å². The van der Waals surface area contributed by atoms with E-state index in [1.54, 1.807) is 12.1 Å². The molecule has 0 aliphatic carbocycles. The SMILES string of the molecule is C#CCCC(NCC)c1c(F)cccc1Cl. The molecule has 0 aliphatic heterocycles. The Morgan fingerprint density at radius 2 is 2.31 bits per heavy atom. The quantitative estimate of drug-likeness (QED) is 0.775. The third kappa shape index (κ3) is 3.23. The first-order chi connectivity index (χ1) is 7.70. The summed E-state index contributed by atoms with van der Waals surface area (Å²) in [5.74, 6) is 2.28. The molecule has 1 aromatic carbocycles. The summed E-state index contributed by atoms with van der Waals surface area (Å²) in [6.07, 6.45) is 6.51. The van der Waals surface area contributed by atoms with Crippen molar-refractivity contribution in [1.82, 2.24) is 5.32 Å². The van der Waals surface area contributed by atoms with E-state index in [-0.39, 0.29) is 11.9 Å². The lowest BCUT2D eigenvalue weighted by Gasteiger charge is -2.19. The van der Waals surface area contributed by atoms with E-state index >= 15 is 0 Å². The van der Waals surface area contributed by atoms with Gasteiger partial charge >= 0.3 is 0 Å². The first-order valence-electron chi connectivity index (χ1n) is 5.31. The molecule has 16 heavy (non-hydrogen) atoms. The van der Waals surface area contributed by atoms with E-state index < -0.39 is 0 Å². The first kappa shape index (κ1) is 13.0. The minimum absolute atomic E-state index is 0.116. The van der Waals surface area contributed by atoms with Gasteiger partial charge in [-0.15, -0.1) is 12.3 Å². The molecule has 0 radical (unpaired) electrons. The van der Waals surface area contributed by atoms with Gasteiger partial charge in [-0.1, -0.05) is 24.6 Å². The van der Waals surface area contributed by atoms with Crippen LogP contribution < -0.4 is 5.32 Å². The minimum Gasteiger partial charge on any atom is -0.310 e. The van der Waals surface area contributed by atoms with Crippen molar-refractivity contribution in [2.24, 2.45) is 0 Å². The lowest BCUT2D eigenvalue weighted by molar-refractivity contribution is 0.491. The van der Waals surface area contributed by atoms with Crippen LogP contribution in [0.15, 0.2) is 18.2 Å². The zero-order chi connectivity index (χ0) is 12.0. The maximum absolute atomic E-state index is 13.7. The van der Waals surface area contributed by atoms with E-state index in [4.69, 9.17) is 18.0 Å². The third-order valence-electron chi connectivity index (χ3n) is 2.38. The highest BCUT2D eigenvalue weighted by atomic mass is 35.5. The summed E-state index contributed by atoms with van der Waals surface area (Å²) in [7, 11) is 0. The Kier molecular flexibility index (Phi) is 5.31. The number of nitrogens with one attached hydrogen (secondary N) is 1. The average molecular weight is 240 g/mol. The standard InChI is InChI=1S/C13H15ClFN/c1-3-5-9-12(16-4-2)13-10(14)7-6-8-11(13)15/h1,6-8,12,16H,4-5,9H2,2H3. The van der Waals surface area contributed by atoms with Gasteiger partial charge in [-0.05, 0) is 25.1 Å². The molecule has 1 atom stereocenters. The van der Waals surface area contributed by atoms with Crippen molar-refractivity contribution in [3.63, 3.8) is 0 Å². The molecule has 1 N–H and O–H groups in total. The molecule has 0 amide bonds. The van der Waals surface area contributed by atoms with Gasteiger partial charge in [-0.3, -0.25) is 0 Å². The molecular formula is C13H15ClFN. The van der Waals surface area contributed by atoms with E-state index in [9.17, 15) is 4.39 Å². The van der Waals surface area contributed by atoms with E-state index in [0.717, 1.165) is 6.54 Å². The number of terminal acetylenes is 1. The molecule has 0 aliphatic rings. The van der Waals surface area contributed by atoms with Crippen molar-refractivity contribution < 1.29 is 4.39 Å². The Morgan fingerprint density at radius 1 is 1.56 bits per heavy atom. The van der Waals surface area contributed by atoms with Crippen LogP contribution in [-0.4, -0.2) is 6.54 Å². The van der Waals surface area contributed by atoms with Crippen LogP contribution in [0.2, 0.25) is 5.02 Å². The first-order valence-corrected chi connectivity index (χ1v) is 5.69. The van der Waals surface area contributed by atoms with Gasteiger partial charge in [0.25, 0.3) is 0 Å². The molecule has 1 nitrogen and oxygen atoms in total. The molecular weight excluding hydrogens is 225 g/mol. The molecule has 0 aromatic heterocycles. The normalized spacial score (nSPS) is 12.1. The van der Waals surface area contributed by atoms with Crippen molar-refractivity contribution >= 4 is 11.6 Å². The van der Waals surface area contributed by atoms with E-state index in [0.29, 0.717) is 23.4 Å². The van der Waals surface area contributed by atoms with Gasteiger partial charge in [0.05, 0.1) is 0 Å². The molecule has 0 saturated carbocycles. The van der Waals surface area contributed by atoms with Gasteiger partial charge in [-0.25, -0.2) is 4.39 Å². The van der Waals surface area contributed by atoms with Crippen LogP contribution >= 0.6 is 11.6 Å². The topological polar surface area (TPSA) is 12.0 Å². The molecule has 1 unspecified atom stereocenters. The smallest absolute Gasteiger partial charge is 0.129 e. The van der Waals surface area contributed by atoms with Gasteiger partial charge in [0.2, 0.25) is 0 Å². The molecule has 1 aromatic rings. The molecule has 0 heterocycles. The highest BCUT2D eigenvalue weighted by molar-refractivity contribution is 6.31. The number of hydrogen-bond acceptors (Lipinski definition) is 1. The fourth-order valence-electron chi connectivity index (χ4n) is 1.67. The highest BCUT2D eigenvalue weighted by Gasteiger charge is 2.17. The maximum atomic E-state index is 13.7. The second-order valence-corrected chi connectivity index (χ2v) is 3.90. The zero-order valence-electron chi connectivity index (χ0n) is 9.26. The summed E-state index contributed by atoms with van der Waals surface area (Å²) < 4.78 is 13.7. The summed E-state index contributed by atoms with van der Waals surface area (Å²) in [6, 6.07) is 4.60. The lowest BCUT2D eigenvalue weighted by Crippen LogP contribution is -2.22. The number of benzene rings is 1. The number of rotatable bonds is 5. The summed E-state index contributed by atoms with van der Waals surface area (Å²) in [5, 5.41) is 3.64. The number of halogens is 2. The van der Waals surface area contributed by atoms with Crippen LogP contribution in [0.25, 0.3) is 0 Å². The van der Waals surface area contributed by atoms with Gasteiger partial charge < -0.3 is 5.32 Å². The third-order valence-corrected chi connectivity index (χ3v) is 2.71. The summed E-state index contributed by atoms with van der Waals surface area (Å²) in [5.41, 5.74) is 0.515.